The second kappa shape index (κ2) is 7.35. The van der Waals surface area contributed by atoms with Crippen LogP contribution in [0.3, 0.4) is 0 Å². The van der Waals surface area contributed by atoms with Gasteiger partial charge in [0.15, 0.2) is 0 Å². The van der Waals surface area contributed by atoms with Crippen LogP contribution >= 0.6 is 22.9 Å². The molecule has 3 aromatic rings. The van der Waals surface area contributed by atoms with E-state index in [1.165, 1.54) is 17.4 Å². The van der Waals surface area contributed by atoms with Crippen molar-refractivity contribution in [3.63, 3.8) is 0 Å². The Bertz CT molecular complexity index is 860. The predicted octanol–water partition coefficient (Wildman–Crippen LogP) is 3.72. The summed E-state index contributed by atoms with van der Waals surface area (Å²) in [5, 5.41) is 2.84. The highest BCUT2D eigenvalue weighted by Crippen LogP contribution is 2.21. The molecule has 0 saturated carbocycles. The summed E-state index contributed by atoms with van der Waals surface area (Å²) in [6.07, 6.45) is 5.56. The minimum absolute atomic E-state index is 0.150. The van der Waals surface area contributed by atoms with Crippen LogP contribution in [-0.2, 0) is 11.2 Å². The third kappa shape index (κ3) is 4.37. The molecule has 0 radical (unpaired) electrons. The van der Waals surface area contributed by atoms with Crippen molar-refractivity contribution in [1.82, 2.24) is 15.3 Å². The van der Waals surface area contributed by atoms with E-state index in [0.29, 0.717) is 12.2 Å². The molecule has 2 heterocycles. The summed E-state index contributed by atoms with van der Waals surface area (Å²) < 4.78 is 0.765. The number of thiophene rings is 1. The fourth-order valence-electron chi connectivity index (χ4n) is 2.07. The van der Waals surface area contributed by atoms with Gasteiger partial charge in [-0.15, -0.1) is 11.3 Å². The van der Waals surface area contributed by atoms with Crippen LogP contribution in [0, 0.1) is 0 Å². The van der Waals surface area contributed by atoms with Crippen molar-refractivity contribution in [3.8, 4) is 0 Å². The van der Waals surface area contributed by atoms with Crippen LogP contribution in [0.1, 0.15) is 10.6 Å². The van der Waals surface area contributed by atoms with Gasteiger partial charge in [-0.05, 0) is 36.8 Å². The molecule has 6 heteroatoms. The number of carbonyl (C=O) groups is 1. The normalized spacial score (nSPS) is 11.2. The molecule has 0 spiro atoms. The summed E-state index contributed by atoms with van der Waals surface area (Å²) in [7, 11) is 0. The van der Waals surface area contributed by atoms with E-state index in [4.69, 9.17) is 11.6 Å². The minimum Gasteiger partial charge on any atom is -0.352 e. The fraction of sp³-hybridized carbons (Fsp3) is 0.118. The zero-order valence-corrected chi connectivity index (χ0v) is 13.8. The quantitative estimate of drug-likeness (QED) is 0.718. The van der Waals surface area contributed by atoms with Gasteiger partial charge < -0.3 is 5.32 Å². The Balaban J connectivity index is 1.54. The number of rotatable bonds is 5. The summed E-state index contributed by atoms with van der Waals surface area (Å²) in [6.45, 7) is 0.573. The summed E-state index contributed by atoms with van der Waals surface area (Å²) in [5.41, 5.74) is 2.30. The van der Waals surface area contributed by atoms with Gasteiger partial charge in [0.1, 0.15) is 0 Å². The van der Waals surface area contributed by atoms with Gasteiger partial charge in [0, 0.05) is 17.5 Å². The Morgan fingerprint density at radius 3 is 2.83 bits per heavy atom. The molecule has 0 bridgehead atoms. The molecule has 0 aliphatic rings. The molecule has 0 aliphatic carbocycles. The van der Waals surface area contributed by atoms with Crippen LogP contribution in [0.5, 0.6) is 0 Å². The lowest BCUT2D eigenvalue weighted by Crippen LogP contribution is -2.23. The van der Waals surface area contributed by atoms with E-state index in [0.717, 1.165) is 26.7 Å². The highest BCUT2D eigenvalue weighted by Gasteiger charge is 2.00. The van der Waals surface area contributed by atoms with Gasteiger partial charge in [-0.25, -0.2) is 4.98 Å². The van der Waals surface area contributed by atoms with E-state index in [2.05, 4.69) is 15.3 Å². The summed E-state index contributed by atoms with van der Waals surface area (Å²) >= 11 is 7.40. The molecule has 1 aromatic carbocycles. The molecule has 0 aliphatic heterocycles. The van der Waals surface area contributed by atoms with Crippen molar-refractivity contribution in [2.24, 2.45) is 0 Å². The topological polar surface area (TPSA) is 54.9 Å². The number of para-hydroxylation sites is 2. The van der Waals surface area contributed by atoms with Gasteiger partial charge >= 0.3 is 0 Å². The number of carbonyl (C=O) groups excluding carboxylic acids is 1. The number of amides is 1. The van der Waals surface area contributed by atoms with Crippen LogP contribution < -0.4 is 5.32 Å². The lowest BCUT2D eigenvalue weighted by Gasteiger charge is -2.00. The van der Waals surface area contributed by atoms with E-state index < -0.39 is 0 Å². The lowest BCUT2D eigenvalue weighted by molar-refractivity contribution is -0.116. The van der Waals surface area contributed by atoms with Gasteiger partial charge in [0.05, 0.1) is 27.3 Å². The SMILES string of the molecule is O=C(/C=C/c1cnc2ccccc2n1)NCCc1ccc(Cl)s1. The van der Waals surface area contributed by atoms with E-state index in [9.17, 15) is 4.79 Å². The zero-order chi connectivity index (χ0) is 16.1. The molecule has 0 saturated heterocycles. The van der Waals surface area contributed by atoms with Crippen LogP contribution in [0.25, 0.3) is 17.1 Å². The van der Waals surface area contributed by atoms with Crippen molar-refractivity contribution >= 4 is 46.0 Å². The molecule has 2 aromatic heterocycles. The molecule has 0 unspecified atom stereocenters. The first-order chi connectivity index (χ1) is 11.2. The average Bonchev–Trinajstić information content (AvgIpc) is 2.98. The molecule has 23 heavy (non-hydrogen) atoms. The number of hydrogen-bond acceptors (Lipinski definition) is 4. The van der Waals surface area contributed by atoms with Crippen LogP contribution in [-0.4, -0.2) is 22.4 Å². The molecule has 4 nitrogen and oxygen atoms in total. The molecular weight excluding hydrogens is 330 g/mol. The number of fused-ring (bicyclic) bond motifs is 1. The maximum Gasteiger partial charge on any atom is 0.244 e. The molecule has 1 N–H and O–H groups in total. The van der Waals surface area contributed by atoms with Gasteiger partial charge in [-0.2, -0.15) is 0 Å². The number of aromatic nitrogens is 2. The van der Waals surface area contributed by atoms with Crippen molar-refractivity contribution in [3.05, 3.63) is 63.6 Å². The molecule has 116 valence electrons. The average molecular weight is 344 g/mol. The van der Waals surface area contributed by atoms with Gasteiger partial charge in [0.25, 0.3) is 0 Å². The summed E-state index contributed by atoms with van der Waals surface area (Å²) in [5.74, 6) is -0.150. The van der Waals surface area contributed by atoms with Gasteiger partial charge in [0.2, 0.25) is 5.91 Å². The third-order valence-corrected chi connectivity index (χ3v) is 4.46. The van der Waals surface area contributed by atoms with E-state index in [1.54, 1.807) is 12.3 Å². The second-order valence-corrected chi connectivity index (χ2v) is 6.66. The van der Waals surface area contributed by atoms with Gasteiger partial charge in [-0.3, -0.25) is 9.78 Å². The Hall–Kier alpha value is -2.24. The number of benzene rings is 1. The molecule has 3 rings (SSSR count). The first-order valence-electron chi connectivity index (χ1n) is 7.12. The van der Waals surface area contributed by atoms with Gasteiger partial charge in [-0.1, -0.05) is 23.7 Å². The first-order valence-corrected chi connectivity index (χ1v) is 8.32. The molecule has 1 amide bonds. The van der Waals surface area contributed by atoms with Crippen LogP contribution in [0.4, 0.5) is 0 Å². The van der Waals surface area contributed by atoms with E-state index in [-0.39, 0.29) is 5.91 Å². The smallest absolute Gasteiger partial charge is 0.244 e. The minimum atomic E-state index is -0.150. The first kappa shape index (κ1) is 15.6. The Morgan fingerprint density at radius 2 is 2.04 bits per heavy atom. The molecule has 0 fully saturated rings. The number of halogens is 1. The van der Waals surface area contributed by atoms with Crippen molar-refractivity contribution in [2.75, 3.05) is 6.54 Å². The van der Waals surface area contributed by atoms with Crippen molar-refractivity contribution < 1.29 is 4.79 Å². The maximum absolute atomic E-state index is 11.8. The van der Waals surface area contributed by atoms with Crippen molar-refractivity contribution in [1.29, 1.82) is 0 Å². The number of nitrogens with zero attached hydrogens (tertiary/aromatic N) is 2. The molecular formula is C17H14ClN3OS. The lowest BCUT2D eigenvalue weighted by atomic mass is 10.3. The molecule has 0 atom stereocenters. The largest absolute Gasteiger partial charge is 0.352 e. The Kier molecular flexibility index (Phi) is 5.00. The van der Waals surface area contributed by atoms with Crippen molar-refractivity contribution in [2.45, 2.75) is 6.42 Å². The third-order valence-electron chi connectivity index (χ3n) is 3.17. The maximum atomic E-state index is 11.8. The Labute approximate surface area is 142 Å². The highest BCUT2D eigenvalue weighted by molar-refractivity contribution is 7.16. The zero-order valence-electron chi connectivity index (χ0n) is 12.2. The van der Waals surface area contributed by atoms with Crippen LogP contribution in [0.2, 0.25) is 4.34 Å². The van der Waals surface area contributed by atoms with E-state index in [1.807, 2.05) is 36.4 Å². The van der Waals surface area contributed by atoms with E-state index >= 15 is 0 Å². The van der Waals surface area contributed by atoms with Crippen LogP contribution in [0.15, 0.2) is 48.7 Å². The summed E-state index contributed by atoms with van der Waals surface area (Å²) in [6, 6.07) is 11.5. The number of nitrogens with one attached hydrogen (secondary N) is 1. The second-order valence-electron chi connectivity index (χ2n) is 4.86. The monoisotopic (exact) mass is 343 g/mol. The number of hydrogen-bond donors (Lipinski definition) is 1. The predicted molar refractivity (Wildman–Crippen MR) is 94.6 cm³/mol. The summed E-state index contributed by atoms with van der Waals surface area (Å²) in [4.78, 5) is 21.7. The standard InChI is InChI=1S/C17H14ClN3OS/c18-16-7-6-13(23-16)9-10-19-17(22)8-5-12-11-20-14-3-1-2-4-15(14)21-12/h1-8,11H,9-10H2,(H,19,22)/b8-5+. The highest BCUT2D eigenvalue weighted by atomic mass is 35.5. The fourth-order valence-corrected chi connectivity index (χ4v) is 3.15. The Morgan fingerprint density at radius 1 is 1.22 bits per heavy atom.